The van der Waals surface area contributed by atoms with Crippen LogP contribution in [-0.4, -0.2) is 46.7 Å². The average Bonchev–Trinajstić information content (AvgIpc) is 3.03. The van der Waals surface area contributed by atoms with Gasteiger partial charge in [-0.3, -0.25) is 4.79 Å². The summed E-state index contributed by atoms with van der Waals surface area (Å²) >= 11 is 3.36. The molecule has 0 aromatic heterocycles. The van der Waals surface area contributed by atoms with Crippen molar-refractivity contribution in [3.8, 4) is 5.75 Å². The van der Waals surface area contributed by atoms with Crippen LogP contribution in [0.2, 0.25) is 0 Å². The van der Waals surface area contributed by atoms with Gasteiger partial charge in [0.2, 0.25) is 0 Å². The predicted octanol–water partition coefficient (Wildman–Crippen LogP) is 3.10. The summed E-state index contributed by atoms with van der Waals surface area (Å²) in [7, 11) is 1.52. The number of carboxylic acid groups (broad SMARTS) is 1. The summed E-state index contributed by atoms with van der Waals surface area (Å²) in [5.74, 6) is -0.723. The third-order valence-corrected chi connectivity index (χ3v) is 5.11. The van der Waals surface area contributed by atoms with Crippen LogP contribution in [0.3, 0.4) is 0 Å². The van der Waals surface area contributed by atoms with Crippen LogP contribution in [0, 0.1) is 0 Å². The Hall–Kier alpha value is -2.38. The lowest BCUT2D eigenvalue weighted by Gasteiger charge is -2.25. The van der Waals surface area contributed by atoms with E-state index in [1.165, 1.54) is 13.2 Å². The second kappa shape index (κ2) is 7.47. The van der Waals surface area contributed by atoms with Gasteiger partial charge < -0.3 is 19.8 Å². The van der Waals surface area contributed by atoms with Crippen LogP contribution in [0.1, 0.15) is 38.7 Å². The molecule has 0 saturated carbocycles. The van der Waals surface area contributed by atoms with Crippen molar-refractivity contribution in [3.63, 3.8) is 0 Å². The highest BCUT2D eigenvalue weighted by molar-refractivity contribution is 9.10. The zero-order valence-corrected chi connectivity index (χ0v) is 15.6. The SMILES string of the molecule is COc1cc(C(=O)N2CC(O)C[C@@H]2c2cccc(C(=O)O)c2)ccc1Br. The Labute approximate surface area is 159 Å². The van der Waals surface area contributed by atoms with E-state index < -0.39 is 12.1 Å². The lowest BCUT2D eigenvalue weighted by molar-refractivity contribution is 0.0696. The molecule has 0 radical (unpaired) electrons. The predicted molar refractivity (Wildman–Crippen MR) is 98.5 cm³/mol. The molecule has 1 heterocycles. The maximum Gasteiger partial charge on any atom is 0.335 e. The third kappa shape index (κ3) is 3.59. The number of methoxy groups -OCH3 is 1. The number of benzene rings is 2. The first-order valence-electron chi connectivity index (χ1n) is 8.06. The largest absolute Gasteiger partial charge is 0.496 e. The molecule has 3 rings (SSSR count). The number of carboxylic acids is 1. The number of nitrogens with zero attached hydrogens (tertiary/aromatic N) is 1. The fraction of sp³-hybridized carbons (Fsp3) is 0.263. The van der Waals surface area contributed by atoms with Gasteiger partial charge in [-0.15, -0.1) is 0 Å². The summed E-state index contributed by atoms with van der Waals surface area (Å²) in [5.41, 5.74) is 1.29. The zero-order chi connectivity index (χ0) is 18.8. The Morgan fingerprint density at radius 1 is 1.19 bits per heavy atom. The second-order valence-electron chi connectivity index (χ2n) is 6.14. The number of amides is 1. The van der Waals surface area contributed by atoms with Crippen molar-refractivity contribution < 1.29 is 24.5 Å². The van der Waals surface area contributed by atoms with E-state index in [0.717, 1.165) is 4.47 Å². The number of halogens is 1. The lowest BCUT2D eigenvalue weighted by atomic mass is 10.0. The second-order valence-corrected chi connectivity index (χ2v) is 7.00. The maximum absolute atomic E-state index is 13.0. The molecule has 26 heavy (non-hydrogen) atoms. The van der Waals surface area contributed by atoms with Gasteiger partial charge >= 0.3 is 5.97 Å². The first-order valence-corrected chi connectivity index (χ1v) is 8.86. The molecule has 0 aliphatic carbocycles. The van der Waals surface area contributed by atoms with Crippen molar-refractivity contribution in [2.75, 3.05) is 13.7 Å². The monoisotopic (exact) mass is 419 g/mol. The summed E-state index contributed by atoms with van der Waals surface area (Å²) in [6.45, 7) is 0.194. The number of carbonyl (C=O) groups excluding carboxylic acids is 1. The lowest BCUT2D eigenvalue weighted by Crippen LogP contribution is -2.31. The number of aliphatic hydroxyl groups excluding tert-OH is 1. The van der Waals surface area contributed by atoms with Crippen molar-refractivity contribution in [3.05, 3.63) is 63.6 Å². The van der Waals surface area contributed by atoms with Crippen LogP contribution >= 0.6 is 15.9 Å². The molecule has 1 amide bonds. The van der Waals surface area contributed by atoms with E-state index in [4.69, 9.17) is 4.74 Å². The van der Waals surface area contributed by atoms with E-state index in [-0.39, 0.29) is 24.1 Å². The first-order chi connectivity index (χ1) is 12.4. The van der Waals surface area contributed by atoms with Crippen LogP contribution in [0.25, 0.3) is 0 Å². The average molecular weight is 420 g/mol. The Balaban J connectivity index is 1.94. The molecule has 2 aromatic rings. The van der Waals surface area contributed by atoms with Gasteiger partial charge in [0, 0.05) is 12.1 Å². The molecule has 2 atom stereocenters. The van der Waals surface area contributed by atoms with Gasteiger partial charge in [0.1, 0.15) is 5.75 Å². The number of hydrogen-bond acceptors (Lipinski definition) is 4. The molecule has 2 N–H and O–H groups in total. The molecule has 1 aliphatic rings. The minimum absolute atomic E-state index is 0.154. The topological polar surface area (TPSA) is 87.1 Å². The van der Waals surface area contributed by atoms with Crippen LogP contribution in [0.15, 0.2) is 46.9 Å². The Morgan fingerprint density at radius 3 is 2.65 bits per heavy atom. The van der Waals surface area contributed by atoms with Gasteiger partial charge in [0.15, 0.2) is 0 Å². The summed E-state index contributed by atoms with van der Waals surface area (Å²) in [4.78, 5) is 25.8. The zero-order valence-electron chi connectivity index (χ0n) is 14.1. The molecular formula is C19H18BrNO5. The number of β-amino-alcohol motifs (C(OH)–C–C–N with tert-alkyl or cyclic N) is 1. The van der Waals surface area contributed by atoms with Crippen LogP contribution in [0.4, 0.5) is 0 Å². The van der Waals surface area contributed by atoms with Crippen molar-refractivity contribution in [2.24, 2.45) is 0 Å². The van der Waals surface area contributed by atoms with Crippen LogP contribution in [0.5, 0.6) is 5.75 Å². The highest BCUT2D eigenvalue weighted by Gasteiger charge is 2.36. The number of carbonyl (C=O) groups is 2. The summed E-state index contributed by atoms with van der Waals surface area (Å²) in [5, 5.41) is 19.3. The van der Waals surface area contributed by atoms with Crippen LogP contribution in [-0.2, 0) is 0 Å². The van der Waals surface area contributed by atoms with Crippen molar-refractivity contribution >= 4 is 27.8 Å². The fourth-order valence-electron chi connectivity index (χ4n) is 3.19. The molecule has 0 bridgehead atoms. The quantitative estimate of drug-likeness (QED) is 0.794. The molecular weight excluding hydrogens is 402 g/mol. The Kier molecular flexibility index (Phi) is 5.29. The molecule has 7 heteroatoms. The van der Waals surface area contributed by atoms with E-state index in [9.17, 15) is 19.8 Å². The van der Waals surface area contributed by atoms with E-state index in [0.29, 0.717) is 23.3 Å². The molecule has 1 unspecified atom stereocenters. The standard InChI is InChI=1S/C19H18BrNO5/c1-26-17-8-12(5-6-15(17)20)18(23)21-10-14(22)9-16(21)11-3-2-4-13(7-11)19(24)25/h2-8,14,16,22H,9-10H2,1H3,(H,24,25)/t14?,16-/m1/s1. The van der Waals surface area contributed by atoms with Crippen LogP contribution < -0.4 is 4.74 Å². The van der Waals surface area contributed by atoms with Crippen molar-refractivity contribution in [1.82, 2.24) is 4.90 Å². The van der Waals surface area contributed by atoms with E-state index in [1.807, 2.05) is 0 Å². The molecule has 1 fully saturated rings. The highest BCUT2D eigenvalue weighted by atomic mass is 79.9. The van der Waals surface area contributed by atoms with E-state index in [2.05, 4.69) is 15.9 Å². The summed E-state index contributed by atoms with van der Waals surface area (Å²) in [6, 6.07) is 11.2. The number of aliphatic hydroxyl groups is 1. The molecule has 1 aliphatic heterocycles. The minimum Gasteiger partial charge on any atom is -0.496 e. The normalized spacial score (nSPS) is 19.4. The summed E-state index contributed by atoms with van der Waals surface area (Å²) < 4.78 is 5.98. The molecule has 2 aromatic carbocycles. The first kappa shape index (κ1) is 18.4. The fourth-order valence-corrected chi connectivity index (χ4v) is 3.60. The number of aromatic carboxylic acids is 1. The van der Waals surface area contributed by atoms with Gasteiger partial charge in [-0.1, -0.05) is 12.1 Å². The van der Waals surface area contributed by atoms with E-state index >= 15 is 0 Å². The smallest absolute Gasteiger partial charge is 0.335 e. The van der Waals surface area contributed by atoms with E-state index in [1.54, 1.807) is 41.3 Å². The van der Waals surface area contributed by atoms with Gasteiger partial charge in [0.25, 0.3) is 5.91 Å². The molecule has 136 valence electrons. The van der Waals surface area contributed by atoms with Gasteiger partial charge in [-0.25, -0.2) is 4.79 Å². The Bertz CT molecular complexity index is 854. The van der Waals surface area contributed by atoms with Gasteiger partial charge in [-0.05, 0) is 58.2 Å². The molecule has 6 nitrogen and oxygen atoms in total. The third-order valence-electron chi connectivity index (χ3n) is 4.46. The van der Waals surface area contributed by atoms with Gasteiger partial charge in [0.05, 0.1) is 29.3 Å². The Morgan fingerprint density at radius 2 is 1.96 bits per heavy atom. The van der Waals surface area contributed by atoms with Crippen molar-refractivity contribution in [2.45, 2.75) is 18.6 Å². The molecule has 0 spiro atoms. The number of ether oxygens (including phenoxy) is 1. The number of likely N-dealkylation sites (tertiary alicyclic amines) is 1. The number of rotatable bonds is 4. The number of hydrogen-bond donors (Lipinski definition) is 2. The summed E-state index contributed by atoms with van der Waals surface area (Å²) in [6.07, 6.45) is -0.294. The van der Waals surface area contributed by atoms with Crippen molar-refractivity contribution in [1.29, 1.82) is 0 Å². The molecule has 1 saturated heterocycles. The minimum atomic E-state index is -1.03. The highest BCUT2D eigenvalue weighted by Crippen LogP contribution is 2.35. The maximum atomic E-state index is 13.0. The van der Waals surface area contributed by atoms with Gasteiger partial charge in [-0.2, -0.15) is 0 Å².